The maximum absolute atomic E-state index is 5.51. The van der Waals surface area contributed by atoms with Crippen LogP contribution in [0.5, 0.6) is 0 Å². The lowest BCUT2D eigenvalue weighted by Crippen LogP contribution is -2.29. The van der Waals surface area contributed by atoms with Crippen molar-refractivity contribution in [3.05, 3.63) is 34.7 Å². The Kier molecular flexibility index (Phi) is 3.10. The summed E-state index contributed by atoms with van der Waals surface area (Å²) in [5.74, 6) is 6.40. The van der Waals surface area contributed by atoms with Crippen molar-refractivity contribution in [2.45, 2.75) is 19.4 Å². The van der Waals surface area contributed by atoms with E-state index >= 15 is 0 Å². The number of hydrogen-bond acceptors (Lipinski definition) is 6. The van der Waals surface area contributed by atoms with Crippen LogP contribution in [-0.4, -0.2) is 9.59 Å². The largest absolute Gasteiger partial charge is 0.469 e. The van der Waals surface area contributed by atoms with Crippen LogP contribution in [0.3, 0.4) is 0 Å². The highest BCUT2D eigenvalue weighted by molar-refractivity contribution is 7.05. The van der Waals surface area contributed by atoms with Crippen molar-refractivity contribution < 1.29 is 4.42 Å². The Morgan fingerprint density at radius 2 is 2.53 bits per heavy atom. The van der Waals surface area contributed by atoms with Gasteiger partial charge in [0.15, 0.2) is 0 Å². The standard InChI is InChI=1S/C9H12N4OS/c1-6-9(15-13-12-6)8(11-10)5-7-3-2-4-14-7/h2-4,8,11H,5,10H2,1H3. The molecule has 0 aliphatic heterocycles. The van der Waals surface area contributed by atoms with E-state index in [1.165, 1.54) is 11.5 Å². The van der Waals surface area contributed by atoms with Gasteiger partial charge in [0.2, 0.25) is 0 Å². The van der Waals surface area contributed by atoms with Gasteiger partial charge in [-0.1, -0.05) is 4.49 Å². The quantitative estimate of drug-likeness (QED) is 0.602. The van der Waals surface area contributed by atoms with Crippen LogP contribution in [0, 0.1) is 6.92 Å². The van der Waals surface area contributed by atoms with Gasteiger partial charge in [0.1, 0.15) is 5.76 Å². The van der Waals surface area contributed by atoms with Crippen molar-refractivity contribution in [3.63, 3.8) is 0 Å². The summed E-state index contributed by atoms with van der Waals surface area (Å²) in [6.45, 7) is 1.92. The molecule has 5 nitrogen and oxygen atoms in total. The number of hydrazine groups is 1. The lowest BCUT2D eigenvalue weighted by Gasteiger charge is -2.12. The molecule has 0 aromatic carbocycles. The van der Waals surface area contributed by atoms with Gasteiger partial charge >= 0.3 is 0 Å². The highest BCUT2D eigenvalue weighted by Gasteiger charge is 2.17. The van der Waals surface area contributed by atoms with Crippen LogP contribution in [0.1, 0.15) is 22.4 Å². The smallest absolute Gasteiger partial charge is 0.105 e. The van der Waals surface area contributed by atoms with Crippen LogP contribution >= 0.6 is 11.5 Å². The van der Waals surface area contributed by atoms with E-state index in [1.807, 2.05) is 19.1 Å². The van der Waals surface area contributed by atoms with E-state index in [9.17, 15) is 0 Å². The molecule has 0 spiro atoms. The van der Waals surface area contributed by atoms with Crippen molar-refractivity contribution in [2.75, 3.05) is 0 Å². The molecule has 0 radical (unpaired) electrons. The number of rotatable bonds is 4. The zero-order valence-corrected chi connectivity index (χ0v) is 9.12. The van der Waals surface area contributed by atoms with E-state index in [0.717, 1.165) is 16.3 Å². The average Bonchev–Trinajstić information content (AvgIpc) is 2.85. The molecule has 0 aliphatic carbocycles. The number of aryl methyl sites for hydroxylation is 1. The minimum absolute atomic E-state index is 0.0103. The van der Waals surface area contributed by atoms with Gasteiger partial charge < -0.3 is 4.42 Å². The second kappa shape index (κ2) is 4.52. The first-order valence-corrected chi connectivity index (χ1v) is 5.36. The molecule has 1 atom stereocenters. The normalized spacial score (nSPS) is 12.9. The highest BCUT2D eigenvalue weighted by atomic mass is 32.1. The molecule has 0 amide bonds. The Balaban J connectivity index is 2.15. The van der Waals surface area contributed by atoms with Gasteiger partial charge in [-0.2, -0.15) is 0 Å². The molecular formula is C9H12N4OS. The van der Waals surface area contributed by atoms with E-state index < -0.39 is 0 Å². The fraction of sp³-hybridized carbons (Fsp3) is 0.333. The maximum atomic E-state index is 5.51. The maximum Gasteiger partial charge on any atom is 0.105 e. The van der Waals surface area contributed by atoms with Crippen LogP contribution in [0.4, 0.5) is 0 Å². The number of nitrogens with zero attached hydrogens (tertiary/aromatic N) is 2. The molecule has 0 fully saturated rings. The molecule has 80 valence electrons. The average molecular weight is 224 g/mol. The lowest BCUT2D eigenvalue weighted by molar-refractivity contribution is 0.457. The molecule has 15 heavy (non-hydrogen) atoms. The van der Waals surface area contributed by atoms with Gasteiger partial charge in [-0.3, -0.25) is 11.3 Å². The monoisotopic (exact) mass is 224 g/mol. The van der Waals surface area contributed by atoms with E-state index in [2.05, 4.69) is 15.0 Å². The lowest BCUT2D eigenvalue weighted by atomic mass is 10.1. The molecule has 1 unspecified atom stereocenters. The molecule has 2 rings (SSSR count). The van der Waals surface area contributed by atoms with Crippen LogP contribution < -0.4 is 11.3 Å². The first-order valence-electron chi connectivity index (χ1n) is 4.58. The predicted molar refractivity (Wildman–Crippen MR) is 57.1 cm³/mol. The Morgan fingerprint density at radius 1 is 1.67 bits per heavy atom. The van der Waals surface area contributed by atoms with Crippen LogP contribution in [0.2, 0.25) is 0 Å². The van der Waals surface area contributed by atoms with Crippen molar-refractivity contribution in [2.24, 2.45) is 5.84 Å². The first-order chi connectivity index (χ1) is 7.31. The number of nitrogens with two attached hydrogens (primary N) is 1. The van der Waals surface area contributed by atoms with E-state index in [4.69, 9.17) is 10.3 Å². The van der Waals surface area contributed by atoms with Gasteiger partial charge in [-0.05, 0) is 30.6 Å². The fourth-order valence-electron chi connectivity index (χ4n) is 1.41. The topological polar surface area (TPSA) is 77.0 Å². The van der Waals surface area contributed by atoms with Gasteiger partial charge in [0.05, 0.1) is 22.9 Å². The third-order valence-electron chi connectivity index (χ3n) is 2.19. The highest BCUT2D eigenvalue weighted by Crippen LogP contribution is 2.22. The third kappa shape index (κ3) is 2.23. The number of aromatic nitrogens is 2. The Morgan fingerprint density at radius 3 is 3.07 bits per heavy atom. The molecule has 2 heterocycles. The molecule has 3 N–H and O–H groups in total. The fourth-order valence-corrected chi connectivity index (χ4v) is 2.12. The molecular weight excluding hydrogens is 212 g/mol. The molecule has 2 aromatic heterocycles. The number of hydrogen-bond donors (Lipinski definition) is 2. The molecule has 0 saturated carbocycles. The number of furan rings is 1. The van der Waals surface area contributed by atoms with Crippen molar-refractivity contribution in [1.29, 1.82) is 0 Å². The molecule has 0 saturated heterocycles. The predicted octanol–water partition coefficient (Wildman–Crippen LogP) is 1.19. The molecule has 6 heteroatoms. The Hall–Kier alpha value is -1.24. The second-order valence-electron chi connectivity index (χ2n) is 3.23. The van der Waals surface area contributed by atoms with Crippen LogP contribution in [0.15, 0.2) is 22.8 Å². The molecule has 0 bridgehead atoms. The van der Waals surface area contributed by atoms with Gasteiger partial charge in [-0.25, -0.2) is 0 Å². The third-order valence-corrected chi connectivity index (χ3v) is 3.13. The minimum Gasteiger partial charge on any atom is -0.469 e. The summed E-state index contributed by atoms with van der Waals surface area (Å²) in [5, 5.41) is 3.96. The summed E-state index contributed by atoms with van der Waals surface area (Å²) in [4.78, 5) is 1.05. The summed E-state index contributed by atoms with van der Waals surface area (Å²) in [5.41, 5.74) is 3.67. The van der Waals surface area contributed by atoms with Crippen molar-refractivity contribution in [3.8, 4) is 0 Å². The summed E-state index contributed by atoms with van der Waals surface area (Å²) in [6, 6.07) is 3.80. The second-order valence-corrected chi connectivity index (χ2v) is 4.01. The molecule has 2 aromatic rings. The summed E-state index contributed by atoms with van der Waals surface area (Å²) < 4.78 is 9.16. The molecule has 0 aliphatic rings. The first kappa shape index (κ1) is 10.3. The summed E-state index contributed by atoms with van der Waals surface area (Å²) in [6.07, 6.45) is 2.36. The van der Waals surface area contributed by atoms with Crippen LogP contribution in [-0.2, 0) is 6.42 Å². The summed E-state index contributed by atoms with van der Waals surface area (Å²) >= 11 is 1.36. The SMILES string of the molecule is Cc1nnsc1C(Cc1ccco1)NN. The number of nitrogens with one attached hydrogen (secondary N) is 1. The van der Waals surface area contributed by atoms with Crippen molar-refractivity contribution in [1.82, 2.24) is 15.0 Å². The van der Waals surface area contributed by atoms with Crippen LogP contribution in [0.25, 0.3) is 0 Å². The summed E-state index contributed by atoms with van der Waals surface area (Å²) in [7, 11) is 0. The zero-order valence-electron chi connectivity index (χ0n) is 8.30. The van der Waals surface area contributed by atoms with E-state index in [-0.39, 0.29) is 6.04 Å². The van der Waals surface area contributed by atoms with Gasteiger partial charge in [0.25, 0.3) is 0 Å². The van der Waals surface area contributed by atoms with Crippen molar-refractivity contribution >= 4 is 11.5 Å². The Bertz CT molecular complexity index is 411. The Labute approximate surface area is 91.4 Å². The minimum atomic E-state index is 0.0103. The van der Waals surface area contributed by atoms with E-state index in [0.29, 0.717) is 6.42 Å². The van der Waals surface area contributed by atoms with E-state index in [1.54, 1.807) is 6.26 Å². The van der Waals surface area contributed by atoms with Gasteiger partial charge in [-0.15, -0.1) is 5.10 Å². The zero-order chi connectivity index (χ0) is 10.7. The van der Waals surface area contributed by atoms with Gasteiger partial charge in [0, 0.05) is 6.42 Å².